The Hall–Kier alpha value is -3.36. The summed E-state index contributed by atoms with van der Waals surface area (Å²) < 4.78 is 18.0. The predicted molar refractivity (Wildman–Crippen MR) is 151 cm³/mol. The number of nitrogens with zero attached hydrogens (tertiary/aromatic N) is 1. The van der Waals surface area contributed by atoms with Crippen LogP contribution in [0.2, 0.25) is 0 Å². The molecule has 0 aromatic heterocycles. The van der Waals surface area contributed by atoms with Crippen LogP contribution in [0.3, 0.4) is 0 Å². The lowest BCUT2D eigenvalue weighted by Crippen LogP contribution is -2.53. The molecule has 0 aliphatic carbocycles. The Bertz CT molecular complexity index is 1250. The van der Waals surface area contributed by atoms with Crippen molar-refractivity contribution < 1.29 is 24.1 Å². The molecule has 38 heavy (non-hydrogen) atoms. The number of aliphatic hydroxyl groups is 1. The number of aliphatic hydroxyl groups excluding tert-OH is 1. The molecule has 1 aliphatic rings. The maximum Gasteiger partial charge on any atom is 0.252 e. The number of carbonyl (C=O) groups excluding carboxylic acids is 1. The lowest BCUT2D eigenvalue weighted by atomic mass is 9.86. The third-order valence-corrected chi connectivity index (χ3v) is 7.38. The van der Waals surface area contributed by atoms with E-state index in [9.17, 15) is 4.79 Å². The van der Waals surface area contributed by atoms with Crippen LogP contribution in [0, 0.1) is 0 Å². The second-order valence-corrected chi connectivity index (χ2v) is 10.0. The fraction of sp³-hybridized carbons (Fsp3) is 0.333. The molecule has 0 spiro atoms. The molecular weight excluding hydrogens is 548 g/mol. The fourth-order valence-electron chi connectivity index (χ4n) is 4.34. The molecule has 4 rings (SSSR count). The lowest BCUT2D eigenvalue weighted by molar-refractivity contribution is -0.128. The van der Waals surface area contributed by atoms with Gasteiger partial charge in [-0.3, -0.25) is 4.79 Å². The van der Waals surface area contributed by atoms with E-state index in [1.54, 1.807) is 7.11 Å². The summed E-state index contributed by atoms with van der Waals surface area (Å²) in [7, 11) is 1.64. The normalized spacial score (nSPS) is 18.4. The Labute approximate surface area is 232 Å². The monoisotopic (exact) mass is 580 g/mol. The second-order valence-electron chi connectivity index (χ2n) is 9.17. The van der Waals surface area contributed by atoms with Crippen molar-refractivity contribution in [2.45, 2.75) is 37.8 Å². The highest BCUT2D eigenvalue weighted by Crippen LogP contribution is 2.34. The first kappa shape index (κ1) is 27.7. The van der Waals surface area contributed by atoms with E-state index in [1.165, 1.54) is 0 Å². The van der Waals surface area contributed by atoms with Crippen LogP contribution in [0.15, 0.2) is 82.3 Å². The highest BCUT2D eigenvalue weighted by atomic mass is 79.9. The summed E-state index contributed by atoms with van der Waals surface area (Å²) in [5.74, 6) is 1.75. The van der Waals surface area contributed by atoms with E-state index < -0.39 is 11.6 Å². The molecule has 0 bridgehead atoms. The van der Waals surface area contributed by atoms with E-state index in [-0.39, 0.29) is 12.5 Å². The topological polar surface area (TPSA) is 89.4 Å². The Morgan fingerprint density at radius 1 is 1.08 bits per heavy atom. The number of halogens is 1. The van der Waals surface area contributed by atoms with Crippen LogP contribution in [-0.2, 0) is 22.4 Å². The van der Waals surface area contributed by atoms with Gasteiger partial charge in [-0.25, -0.2) is 4.99 Å². The number of hydrogen-bond acceptors (Lipinski definition) is 6. The molecule has 0 fully saturated rings. The standard InChI is InChI=1S/C30H33BrN2O5/c1-21-30(20-24-6-3-4-7-27(24)31,29(35)32-17-16-22-8-12-25(36-2)13-9-22)33-28(38-21)23-10-14-26(15-11-23)37-19-5-18-34/h3-4,6-15,21,34H,5,16-20H2,1-2H3,(H,32,35)/t21-,30-/m1/s1. The summed E-state index contributed by atoms with van der Waals surface area (Å²) >= 11 is 3.62. The molecule has 3 aromatic carbocycles. The van der Waals surface area contributed by atoms with Gasteiger partial charge in [-0.1, -0.05) is 46.3 Å². The Morgan fingerprint density at radius 3 is 2.47 bits per heavy atom. The van der Waals surface area contributed by atoms with Crippen molar-refractivity contribution in [2.24, 2.45) is 4.99 Å². The number of carbonyl (C=O) groups is 1. The van der Waals surface area contributed by atoms with E-state index in [4.69, 9.17) is 24.3 Å². The first-order valence-corrected chi connectivity index (χ1v) is 13.5. The summed E-state index contributed by atoms with van der Waals surface area (Å²) in [4.78, 5) is 18.7. The summed E-state index contributed by atoms with van der Waals surface area (Å²) in [5.41, 5.74) is 1.72. The minimum absolute atomic E-state index is 0.0857. The third kappa shape index (κ3) is 6.55. The zero-order chi connectivity index (χ0) is 27.0. The van der Waals surface area contributed by atoms with Gasteiger partial charge in [0.2, 0.25) is 5.90 Å². The molecule has 0 unspecified atom stereocenters. The third-order valence-electron chi connectivity index (χ3n) is 6.60. The Morgan fingerprint density at radius 2 is 1.79 bits per heavy atom. The zero-order valence-electron chi connectivity index (χ0n) is 21.7. The maximum atomic E-state index is 13.8. The predicted octanol–water partition coefficient (Wildman–Crippen LogP) is 4.72. The molecule has 200 valence electrons. The van der Waals surface area contributed by atoms with Gasteiger partial charge in [0.1, 0.15) is 17.6 Å². The van der Waals surface area contributed by atoms with Gasteiger partial charge < -0.3 is 24.6 Å². The second kappa shape index (κ2) is 12.9. The highest BCUT2D eigenvalue weighted by Gasteiger charge is 2.50. The molecule has 0 saturated heterocycles. The summed E-state index contributed by atoms with van der Waals surface area (Å²) in [6.07, 6.45) is 1.16. The highest BCUT2D eigenvalue weighted by molar-refractivity contribution is 9.10. The molecule has 0 saturated carbocycles. The van der Waals surface area contributed by atoms with Crippen LogP contribution in [0.1, 0.15) is 30.0 Å². The average molecular weight is 582 g/mol. The molecule has 1 aliphatic heterocycles. The number of hydrogen-bond donors (Lipinski definition) is 2. The fourth-order valence-corrected chi connectivity index (χ4v) is 4.77. The number of ether oxygens (including phenoxy) is 3. The van der Waals surface area contributed by atoms with E-state index >= 15 is 0 Å². The molecule has 1 heterocycles. The van der Waals surface area contributed by atoms with Crippen molar-refractivity contribution in [3.05, 3.63) is 94.0 Å². The molecule has 0 radical (unpaired) electrons. The number of amides is 1. The van der Waals surface area contributed by atoms with Crippen LogP contribution in [0.5, 0.6) is 11.5 Å². The number of methoxy groups -OCH3 is 1. The average Bonchev–Trinajstić information content (AvgIpc) is 3.27. The molecule has 1 amide bonds. The zero-order valence-corrected chi connectivity index (χ0v) is 23.2. The van der Waals surface area contributed by atoms with Crippen molar-refractivity contribution in [3.63, 3.8) is 0 Å². The van der Waals surface area contributed by atoms with Crippen molar-refractivity contribution in [2.75, 3.05) is 26.9 Å². The van der Waals surface area contributed by atoms with E-state index in [0.717, 1.165) is 26.9 Å². The van der Waals surface area contributed by atoms with Gasteiger partial charge in [-0.15, -0.1) is 0 Å². The number of benzene rings is 3. The number of nitrogens with one attached hydrogen (secondary N) is 1. The van der Waals surface area contributed by atoms with E-state index in [0.29, 0.717) is 44.1 Å². The lowest BCUT2D eigenvalue weighted by Gasteiger charge is -2.28. The Balaban J connectivity index is 1.55. The first-order valence-electron chi connectivity index (χ1n) is 12.7. The van der Waals surface area contributed by atoms with Gasteiger partial charge in [-0.05, 0) is 66.9 Å². The van der Waals surface area contributed by atoms with Crippen LogP contribution in [0.4, 0.5) is 0 Å². The Kier molecular flexibility index (Phi) is 9.42. The van der Waals surface area contributed by atoms with Gasteiger partial charge in [0, 0.05) is 36.0 Å². The first-order chi connectivity index (χ1) is 18.4. The van der Waals surface area contributed by atoms with Crippen molar-refractivity contribution in [1.82, 2.24) is 5.32 Å². The molecule has 2 atom stereocenters. The minimum atomic E-state index is -1.13. The van der Waals surface area contributed by atoms with E-state index in [2.05, 4.69) is 21.2 Å². The van der Waals surface area contributed by atoms with Crippen molar-refractivity contribution in [3.8, 4) is 11.5 Å². The van der Waals surface area contributed by atoms with Crippen LogP contribution in [-0.4, -0.2) is 55.4 Å². The number of rotatable bonds is 12. The van der Waals surface area contributed by atoms with E-state index in [1.807, 2.05) is 79.7 Å². The molecule has 2 N–H and O–H groups in total. The smallest absolute Gasteiger partial charge is 0.252 e. The molecule has 8 heteroatoms. The van der Waals surface area contributed by atoms with Gasteiger partial charge in [0.05, 0.1) is 13.7 Å². The SMILES string of the molecule is COc1ccc(CCNC(=O)[C@]2(Cc3ccccc3Br)N=C(c3ccc(OCCCO)cc3)O[C@@H]2C)cc1. The van der Waals surface area contributed by atoms with Gasteiger partial charge in [-0.2, -0.15) is 0 Å². The summed E-state index contributed by atoms with van der Waals surface area (Å²) in [5, 5.41) is 12.1. The molecule has 3 aromatic rings. The van der Waals surface area contributed by atoms with Gasteiger partial charge in [0.25, 0.3) is 5.91 Å². The minimum Gasteiger partial charge on any atom is -0.497 e. The van der Waals surface area contributed by atoms with Crippen molar-refractivity contribution >= 4 is 27.7 Å². The van der Waals surface area contributed by atoms with Gasteiger partial charge in [0.15, 0.2) is 5.54 Å². The van der Waals surface area contributed by atoms with Crippen molar-refractivity contribution in [1.29, 1.82) is 0 Å². The van der Waals surface area contributed by atoms with Crippen LogP contribution >= 0.6 is 15.9 Å². The quantitative estimate of drug-likeness (QED) is 0.302. The van der Waals surface area contributed by atoms with Crippen LogP contribution in [0.25, 0.3) is 0 Å². The molecule has 7 nitrogen and oxygen atoms in total. The van der Waals surface area contributed by atoms with Gasteiger partial charge >= 0.3 is 0 Å². The number of aliphatic imine (C=N–C) groups is 1. The summed E-state index contributed by atoms with van der Waals surface area (Å²) in [6, 6.07) is 23.1. The summed E-state index contributed by atoms with van der Waals surface area (Å²) in [6.45, 7) is 2.89. The maximum absolute atomic E-state index is 13.8. The molecular formula is C30H33BrN2O5. The largest absolute Gasteiger partial charge is 0.497 e. The van der Waals surface area contributed by atoms with Crippen LogP contribution < -0.4 is 14.8 Å².